The molecule has 0 radical (unpaired) electrons. The fourth-order valence-electron chi connectivity index (χ4n) is 4.90. The number of nitrogens with zero attached hydrogens (tertiary/aromatic N) is 3. The summed E-state index contributed by atoms with van der Waals surface area (Å²) in [5, 5.41) is 9.89. The number of likely N-dealkylation sites (tertiary alicyclic amines) is 1. The smallest absolute Gasteiger partial charge is 0.336 e. The molecule has 7 heteroatoms. The van der Waals surface area contributed by atoms with E-state index in [0.717, 1.165) is 80.9 Å². The van der Waals surface area contributed by atoms with Gasteiger partial charge < -0.3 is 24.4 Å². The number of rotatable bonds is 7. The van der Waals surface area contributed by atoms with E-state index in [9.17, 15) is 9.90 Å². The van der Waals surface area contributed by atoms with Crippen molar-refractivity contribution in [1.82, 2.24) is 9.88 Å². The molecule has 0 spiro atoms. The summed E-state index contributed by atoms with van der Waals surface area (Å²) in [7, 11) is 2.13. The molecule has 0 saturated carbocycles. The molecule has 33 heavy (non-hydrogen) atoms. The molecule has 1 aromatic heterocycles. The van der Waals surface area contributed by atoms with Gasteiger partial charge in [-0.05, 0) is 75.9 Å². The van der Waals surface area contributed by atoms with Gasteiger partial charge in [0.25, 0.3) is 0 Å². The Labute approximate surface area is 196 Å². The van der Waals surface area contributed by atoms with Crippen molar-refractivity contribution in [2.24, 2.45) is 0 Å². The maximum Gasteiger partial charge on any atom is 0.336 e. The van der Waals surface area contributed by atoms with E-state index in [1.807, 2.05) is 19.1 Å². The highest BCUT2D eigenvalue weighted by molar-refractivity contribution is 5.94. The first-order valence-corrected chi connectivity index (χ1v) is 12.0. The molecule has 2 saturated heterocycles. The number of hydrogen-bond acceptors (Lipinski definition) is 6. The lowest BCUT2D eigenvalue weighted by Crippen LogP contribution is -2.40. The summed E-state index contributed by atoms with van der Waals surface area (Å²) in [4.78, 5) is 21.2. The highest BCUT2D eigenvalue weighted by Gasteiger charge is 2.25. The van der Waals surface area contributed by atoms with E-state index >= 15 is 0 Å². The van der Waals surface area contributed by atoms with Gasteiger partial charge in [-0.1, -0.05) is 0 Å². The minimum absolute atomic E-state index is 0.196. The largest absolute Gasteiger partial charge is 0.478 e. The Morgan fingerprint density at radius 1 is 1.18 bits per heavy atom. The Balaban J connectivity index is 1.61. The molecule has 0 atom stereocenters. The van der Waals surface area contributed by atoms with E-state index in [2.05, 4.69) is 34.8 Å². The minimum Gasteiger partial charge on any atom is -0.478 e. The van der Waals surface area contributed by atoms with Crippen LogP contribution in [0.2, 0.25) is 0 Å². The first-order chi connectivity index (χ1) is 16.0. The zero-order valence-electron chi connectivity index (χ0n) is 19.9. The van der Waals surface area contributed by atoms with Crippen molar-refractivity contribution in [3.8, 4) is 17.0 Å². The molecule has 4 rings (SSSR count). The molecular formula is C26H35N3O4. The lowest BCUT2D eigenvalue weighted by atomic mass is 9.96. The van der Waals surface area contributed by atoms with E-state index in [-0.39, 0.29) is 6.10 Å². The third-order valence-corrected chi connectivity index (χ3v) is 6.92. The Morgan fingerprint density at radius 3 is 2.52 bits per heavy atom. The standard InChI is InChI=1S/C26H35N3O4/c1-4-29(21-9-13-32-14-10-21)24-16-20(15-23(18(24)2)26(30)31)19-5-6-25(27-17-19)33-22-7-11-28(3)12-8-22/h5-6,15-17,21-22H,4,7-14H2,1-3H3,(H,30,31). The summed E-state index contributed by atoms with van der Waals surface area (Å²) < 4.78 is 11.6. The van der Waals surface area contributed by atoms with Gasteiger partial charge in [0.05, 0.1) is 5.56 Å². The molecule has 2 fully saturated rings. The van der Waals surface area contributed by atoms with Gasteiger partial charge in [0.1, 0.15) is 6.10 Å². The number of carbonyl (C=O) groups is 1. The van der Waals surface area contributed by atoms with Crippen molar-refractivity contribution in [2.45, 2.75) is 51.7 Å². The molecule has 7 nitrogen and oxygen atoms in total. The van der Waals surface area contributed by atoms with E-state index in [1.165, 1.54) is 0 Å². The van der Waals surface area contributed by atoms with Crippen LogP contribution in [-0.4, -0.2) is 73.0 Å². The Hall–Kier alpha value is -2.64. The Bertz CT molecular complexity index is 949. The summed E-state index contributed by atoms with van der Waals surface area (Å²) >= 11 is 0. The number of carboxylic acids is 1. The van der Waals surface area contributed by atoms with Crippen LogP contribution in [0.4, 0.5) is 5.69 Å². The SMILES string of the molecule is CCN(c1cc(-c2ccc(OC3CCN(C)CC3)nc2)cc(C(=O)O)c1C)C1CCOCC1. The second kappa shape index (κ2) is 10.5. The summed E-state index contributed by atoms with van der Waals surface area (Å²) in [6.07, 6.45) is 5.89. The van der Waals surface area contributed by atoms with Crippen molar-refractivity contribution < 1.29 is 19.4 Å². The van der Waals surface area contributed by atoms with Crippen molar-refractivity contribution in [1.29, 1.82) is 0 Å². The normalized spacial score (nSPS) is 18.3. The molecule has 0 aliphatic carbocycles. The monoisotopic (exact) mass is 453 g/mol. The summed E-state index contributed by atoms with van der Waals surface area (Å²) in [5.41, 5.74) is 3.86. The van der Waals surface area contributed by atoms with Gasteiger partial charge in [0.15, 0.2) is 0 Å². The fraction of sp³-hybridized carbons (Fsp3) is 0.538. The van der Waals surface area contributed by atoms with E-state index in [0.29, 0.717) is 17.5 Å². The third kappa shape index (κ3) is 5.47. The maximum absolute atomic E-state index is 12.1. The van der Waals surface area contributed by atoms with Gasteiger partial charge in [0.2, 0.25) is 5.88 Å². The molecule has 178 valence electrons. The molecule has 2 aliphatic rings. The number of aromatic nitrogens is 1. The number of piperidine rings is 1. The molecule has 0 bridgehead atoms. The van der Waals surface area contributed by atoms with Crippen LogP contribution < -0.4 is 9.64 Å². The zero-order chi connectivity index (χ0) is 23.4. The molecule has 1 N–H and O–H groups in total. The van der Waals surface area contributed by atoms with Crippen molar-refractivity contribution in [2.75, 3.05) is 44.8 Å². The van der Waals surface area contributed by atoms with E-state index in [1.54, 1.807) is 12.3 Å². The highest BCUT2D eigenvalue weighted by atomic mass is 16.5. The Kier molecular flexibility index (Phi) is 7.50. The summed E-state index contributed by atoms with van der Waals surface area (Å²) in [6.45, 7) is 8.40. The fourth-order valence-corrected chi connectivity index (χ4v) is 4.90. The quantitative estimate of drug-likeness (QED) is 0.672. The first-order valence-electron chi connectivity index (χ1n) is 12.0. The predicted octanol–water partition coefficient (Wildman–Crippen LogP) is 4.23. The average molecular weight is 454 g/mol. The zero-order valence-corrected chi connectivity index (χ0v) is 19.9. The van der Waals surface area contributed by atoms with Crippen LogP contribution in [0.5, 0.6) is 5.88 Å². The lowest BCUT2D eigenvalue weighted by molar-refractivity contribution is 0.0695. The van der Waals surface area contributed by atoms with Crippen molar-refractivity contribution in [3.63, 3.8) is 0 Å². The van der Waals surface area contributed by atoms with Crippen LogP contribution in [0, 0.1) is 6.92 Å². The summed E-state index contributed by atoms with van der Waals surface area (Å²) in [5.74, 6) is -0.287. The first kappa shape index (κ1) is 23.5. The molecule has 2 aliphatic heterocycles. The number of benzene rings is 1. The number of ether oxygens (including phenoxy) is 2. The van der Waals surface area contributed by atoms with Gasteiger partial charge in [-0.25, -0.2) is 9.78 Å². The molecule has 3 heterocycles. The van der Waals surface area contributed by atoms with Gasteiger partial charge >= 0.3 is 5.97 Å². The van der Waals surface area contributed by atoms with Crippen LogP contribution in [-0.2, 0) is 4.74 Å². The molecule has 1 aromatic carbocycles. The number of pyridine rings is 1. The molecule has 2 aromatic rings. The molecule has 0 amide bonds. The minimum atomic E-state index is -0.909. The summed E-state index contributed by atoms with van der Waals surface area (Å²) in [6, 6.07) is 8.08. The highest BCUT2D eigenvalue weighted by Crippen LogP contribution is 2.34. The van der Waals surface area contributed by atoms with Crippen molar-refractivity contribution in [3.05, 3.63) is 41.6 Å². The van der Waals surface area contributed by atoms with Crippen molar-refractivity contribution >= 4 is 11.7 Å². The lowest BCUT2D eigenvalue weighted by Gasteiger charge is -2.36. The van der Waals surface area contributed by atoms with Crippen LogP contribution >= 0.6 is 0 Å². The number of hydrogen-bond donors (Lipinski definition) is 1. The second-order valence-corrected chi connectivity index (χ2v) is 9.11. The van der Waals surface area contributed by atoms with E-state index in [4.69, 9.17) is 9.47 Å². The van der Waals surface area contributed by atoms with Crippen LogP contribution in [0.15, 0.2) is 30.5 Å². The average Bonchev–Trinajstić information content (AvgIpc) is 2.83. The molecule has 0 unspecified atom stereocenters. The van der Waals surface area contributed by atoms with Gasteiger partial charge in [-0.2, -0.15) is 0 Å². The van der Waals surface area contributed by atoms with Crippen LogP contribution in [0.25, 0.3) is 11.1 Å². The number of aromatic carboxylic acids is 1. The second-order valence-electron chi connectivity index (χ2n) is 9.11. The third-order valence-electron chi connectivity index (χ3n) is 6.92. The molecular weight excluding hydrogens is 418 g/mol. The van der Waals surface area contributed by atoms with Crippen LogP contribution in [0.1, 0.15) is 48.5 Å². The topological polar surface area (TPSA) is 75.1 Å². The number of carboxylic acid groups (broad SMARTS) is 1. The van der Waals surface area contributed by atoms with Gasteiger partial charge in [-0.15, -0.1) is 0 Å². The Morgan fingerprint density at radius 2 is 1.91 bits per heavy atom. The van der Waals surface area contributed by atoms with Crippen LogP contribution in [0.3, 0.4) is 0 Å². The van der Waals surface area contributed by atoms with Gasteiger partial charge in [0, 0.05) is 62.4 Å². The predicted molar refractivity (Wildman–Crippen MR) is 129 cm³/mol. The van der Waals surface area contributed by atoms with E-state index < -0.39 is 5.97 Å². The van der Waals surface area contributed by atoms with Gasteiger partial charge in [-0.3, -0.25) is 0 Å². The maximum atomic E-state index is 12.1. The number of anilines is 1.